The number of ether oxygens (including phenoxy) is 2. The van der Waals surface area contributed by atoms with Gasteiger partial charge >= 0.3 is 6.18 Å². The van der Waals surface area contributed by atoms with Crippen molar-refractivity contribution in [3.05, 3.63) is 35.4 Å². The van der Waals surface area contributed by atoms with Crippen molar-refractivity contribution in [1.29, 1.82) is 0 Å². The molecule has 1 aliphatic heterocycles. The van der Waals surface area contributed by atoms with E-state index in [9.17, 15) is 13.2 Å². The third-order valence-electron chi connectivity index (χ3n) is 2.43. The Hall–Kier alpha value is -0.780. The third kappa shape index (κ3) is 2.91. The molecule has 0 saturated carbocycles. The number of rotatable bonds is 2. The molecule has 1 heterocycles. The first-order chi connectivity index (χ1) is 8.00. The van der Waals surface area contributed by atoms with Gasteiger partial charge in [-0.25, -0.2) is 0 Å². The summed E-state index contributed by atoms with van der Waals surface area (Å²) in [7, 11) is 0. The molecule has 0 radical (unpaired) electrons. The second kappa shape index (κ2) is 4.84. The van der Waals surface area contributed by atoms with E-state index in [1.54, 1.807) is 0 Å². The molecule has 1 saturated heterocycles. The van der Waals surface area contributed by atoms with Crippen molar-refractivity contribution in [3.63, 3.8) is 0 Å². The second-order valence-corrected chi connectivity index (χ2v) is 4.01. The second-order valence-electron chi connectivity index (χ2n) is 3.70. The molecule has 0 bridgehead atoms. The van der Waals surface area contributed by atoms with Gasteiger partial charge in [-0.15, -0.1) is 11.6 Å². The van der Waals surface area contributed by atoms with Gasteiger partial charge < -0.3 is 9.47 Å². The highest BCUT2D eigenvalue weighted by atomic mass is 35.5. The molecule has 2 unspecified atom stereocenters. The first-order valence-corrected chi connectivity index (χ1v) is 5.54. The summed E-state index contributed by atoms with van der Waals surface area (Å²) in [4.78, 5) is 0. The van der Waals surface area contributed by atoms with Gasteiger partial charge in [-0.3, -0.25) is 0 Å². The lowest BCUT2D eigenvalue weighted by Crippen LogP contribution is -2.11. The Morgan fingerprint density at radius 2 is 1.88 bits per heavy atom. The Morgan fingerprint density at radius 3 is 2.35 bits per heavy atom. The number of halogens is 4. The topological polar surface area (TPSA) is 18.5 Å². The van der Waals surface area contributed by atoms with Crippen LogP contribution >= 0.6 is 11.6 Å². The van der Waals surface area contributed by atoms with E-state index in [0.717, 1.165) is 12.1 Å². The Balaban J connectivity index is 2.09. The molecule has 2 nitrogen and oxygen atoms in total. The molecule has 6 heteroatoms. The van der Waals surface area contributed by atoms with Crippen LogP contribution in [0.15, 0.2) is 24.3 Å². The quantitative estimate of drug-likeness (QED) is 0.764. The van der Waals surface area contributed by atoms with E-state index in [-0.39, 0.29) is 6.10 Å². The van der Waals surface area contributed by atoms with Crippen LogP contribution in [-0.2, 0) is 15.7 Å². The van der Waals surface area contributed by atoms with Crippen LogP contribution in [0.4, 0.5) is 13.2 Å². The first kappa shape index (κ1) is 12.7. The maximum atomic E-state index is 12.3. The summed E-state index contributed by atoms with van der Waals surface area (Å²) in [6, 6.07) is 4.72. The summed E-state index contributed by atoms with van der Waals surface area (Å²) < 4.78 is 47.7. The number of hydrogen-bond acceptors (Lipinski definition) is 2. The van der Waals surface area contributed by atoms with Gasteiger partial charge in [-0.05, 0) is 12.1 Å². The first-order valence-electron chi connectivity index (χ1n) is 5.01. The Bertz CT molecular complexity index is 377. The molecule has 0 spiro atoms. The summed E-state index contributed by atoms with van der Waals surface area (Å²) in [6.07, 6.45) is -5.15. The molecule has 17 heavy (non-hydrogen) atoms. The fourth-order valence-electron chi connectivity index (χ4n) is 1.53. The highest BCUT2D eigenvalue weighted by molar-refractivity contribution is 6.18. The monoisotopic (exact) mass is 266 g/mol. The van der Waals surface area contributed by atoms with Gasteiger partial charge in [0.15, 0.2) is 6.29 Å². The third-order valence-corrected chi connectivity index (χ3v) is 2.78. The zero-order valence-electron chi connectivity index (χ0n) is 8.71. The number of hydrogen-bond donors (Lipinski definition) is 0. The van der Waals surface area contributed by atoms with Crippen LogP contribution in [0.5, 0.6) is 0 Å². The van der Waals surface area contributed by atoms with Crippen molar-refractivity contribution in [2.75, 3.05) is 12.5 Å². The normalized spacial score (nSPS) is 25.2. The fraction of sp³-hybridized carbons (Fsp3) is 0.455. The maximum Gasteiger partial charge on any atom is 0.416 e. The molecule has 1 aromatic rings. The molecular formula is C11H10ClF3O2. The van der Waals surface area contributed by atoms with E-state index in [2.05, 4.69) is 0 Å². The van der Waals surface area contributed by atoms with Crippen LogP contribution in [0.25, 0.3) is 0 Å². The van der Waals surface area contributed by atoms with Crippen molar-refractivity contribution in [1.82, 2.24) is 0 Å². The molecule has 2 atom stereocenters. The molecule has 1 aliphatic rings. The summed E-state index contributed by atoms with van der Waals surface area (Å²) in [5, 5.41) is 0. The smallest absolute Gasteiger partial charge is 0.346 e. The van der Waals surface area contributed by atoms with Gasteiger partial charge in [-0.2, -0.15) is 13.2 Å². The van der Waals surface area contributed by atoms with Crippen LogP contribution < -0.4 is 0 Å². The van der Waals surface area contributed by atoms with Gasteiger partial charge in [-0.1, -0.05) is 12.1 Å². The van der Waals surface area contributed by atoms with Gasteiger partial charge in [0, 0.05) is 5.56 Å². The molecule has 0 aliphatic carbocycles. The zero-order valence-corrected chi connectivity index (χ0v) is 9.46. The highest BCUT2D eigenvalue weighted by Crippen LogP contribution is 2.32. The van der Waals surface area contributed by atoms with Crippen LogP contribution in [0, 0.1) is 0 Å². The average molecular weight is 267 g/mol. The van der Waals surface area contributed by atoms with Crippen LogP contribution in [0.2, 0.25) is 0 Å². The van der Waals surface area contributed by atoms with Crippen molar-refractivity contribution < 1.29 is 22.6 Å². The van der Waals surface area contributed by atoms with Gasteiger partial charge in [0.05, 0.1) is 24.2 Å². The lowest BCUT2D eigenvalue weighted by molar-refractivity contribution is -0.137. The Labute approximate surface area is 101 Å². The molecule has 0 N–H and O–H groups in total. The molecule has 0 amide bonds. The van der Waals surface area contributed by atoms with E-state index in [1.807, 2.05) is 0 Å². The van der Waals surface area contributed by atoms with Gasteiger partial charge in [0.1, 0.15) is 0 Å². The largest absolute Gasteiger partial charge is 0.416 e. The van der Waals surface area contributed by atoms with E-state index in [0.29, 0.717) is 18.1 Å². The molecule has 1 aromatic carbocycles. The van der Waals surface area contributed by atoms with E-state index >= 15 is 0 Å². The van der Waals surface area contributed by atoms with Crippen LogP contribution in [0.3, 0.4) is 0 Å². The minimum absolute atomic E-state index is 0.205. The van der Waals surface area contributed by atoms with Crippen molar-refractivity contribution in [3.8, 4) is 0 Å². The Morgan fingerprint density at radius 1 is 1.24 bits per heavy atom. The summed E-state index contributed by atoms with van der Waals surface area (Å²) in [5.41, 5.74) is -0.126. The van der Waals surface area contributed by atoms with Gasteiger partial charge in [0.25, 0.3) is 0 Å². The fourth-order valence-corrected chi connectivity index (χ4v) is 1.69. The average Bonchev–Trinajstić information content (AvgIpc) is 2.76. The summed E-state index contributed by atoms with van der Waals surface area (Å²) >= 11 is 5.59. The van der Waals surface area contributed by atoms with E-state index < -0.39 is 18.0 Å². The van der Waals surface area contributed by atoms with Crippen molar-refractivity contribution in [2.45, 2.75) is 18.6 Å². The summed E-state index contributed by atoms with van der Waals surface area (Å²) in [6.45, 7) is 0.356. The molecule has 1 fully saturated rings. The molecular weight excluding hydrogens is 257 g/mol. The summed E-state index contributed by atoms with van der Waals surface area (Å²) in [5.74, 6) is 0.303. The minimum Gasteiger partial charge on any atom is -0.346 e. The lowest BCUT2D eigenvalue weighted by atomic mass is 10.1. The zero-order chi connectivity index (χ0) is 12.5. The number of benzene rings is 1. The lowest BCUT2D eigenvalue weighted by Gasteiger charge is -2.12. The maximum absolute atomic E-state index is 12.3. The SMILES string of the molecule is FC(F)(F)c1ccc(C2OCC(CCl)O2)cc1. The predicted molar refractivity (Wildman–Crippen MR) is 55.7 cm³/mol. The van der Waals surface area contributed by atoms with E-state index in [4.69, 9.17) is 21.1 Å². The number of alkyl halides is 4. The molecule has 94 valence electrons. The van der Waals surface area contributed by atoms with Crippen LogP contribution in [-0.4, -0.2) is 18.6 Å². The molecule has 0 aromatic heterocycles. The van der Waals surface area contributed by atoms with Crippen LogP contribution in [0.1, 0.15) is 17.4 Å². The standard InChI is InChI=1S/C11H10ClF3O2/c12-5-9-6-16-10(17-9)7-1-3-8(4-2-7)11(13,14)15/h1-4,9-10H,5-6H2. The van der Waals surface area contributed by atoms with Crippen molar-refractivity contribution in [2.24, 2.45) is 0 Å². The minimum atomic E-state index is -4.32. The highest BCUT2D eigenvalue weighted by Gasteiger charge is 2.31. The predicted octanol–water partition coefficient (Wildman–Crippen LogP) is 3.36. The Kier molecular flexibility index (Phi) is 3.61. The molecule has 2 rings (SSSR count). The van der Waals surface area contributed by atoms with E-state index in [1.165, 1.54) is 12.1 Å². The van der Waals surface area contributed by atoms with Crippen molar-refractivity contribution >= 4 is 11.6 Å². The van der Waals surface area contributed by atoms with Gasteiger partial charge in [0.2, 0.25) is 0 Å².